The lowest BCUT2D eigenvalue weighted by molar-refractivity contribution is 0.0392. The smallest absolute Gasteiger partial charge is 0.243 e. The van der Waals surface area contributed by atoms with Crippen molar-refractivity contribution in [2.45, 2.75) is 49.6 Å². The van der Waals surface area contributed by atoms with Gasteiger partial charge in [-0.2, -0.15) is 4.31 Å². The van der Waals surface area contributed by atoms with E-state index < -0.39 is 15.8 Å². The Balaban J connectivity index is 1.80. The van der Waals surface area contributed by atoms with Crippen molar-refractivity contribution in [2.75, 3.05) is 19.8 Å². The van der Waals surface area contributed by atoms with Gasteiger partial charge < -0.3 is 9.47 Å². The molecule has 1 atom stereocenters. The summed E-state index contributed by atoms with van der Waals surface area (Å²) < 4.78 is 51.9. The monoisotopic (exact) mass is 343 g/mol. The first-order chi connectivity index (χ1) is 11.0. The number of nitrogens with zero attached hydrogens (tertiary/aromatic N) is 1. The van der Waals surface area contributed by atoms with Crippen LogP contribution in [0.5, 0.6) is 5.75 Å². The van der Waals surface area contributed by atoms with E-state index in [9.17, 15) is 12.8 Å². The van der Waals surface area contributed by atoms with Crippen LogP contribution in [0.3, 0.4) is 0 Å². The number of sulfonamides is 1. The minimum Gasteiger partial charge on any atom is -0.487 e. The molecule has 1 unspecified atom stereocenters. The van der Waals surface area contributed by atoms with Gasteiger partial charge in [0.05, 0.1) is 24.2 Å². The fourth-order valence-electron chi connectivity index (χ4n) is 3.13. The van der Waals surface area contributed by atoms with Crippen molar-refractivity contribution >= 4 is 10.0 Å². The van der Waals surface area contributed by atoms with E-state index in [2.05, 4.69) is 0 Å². The lowest BCUT2D eigenvalue weighted by Gasteiger charge is -2.32. The number of halogens is 1. The van der Waals surface area contributed by atoms with E-state index in [0.717, 1.165) is 31.7 Å². The van der Waals surface area contributed by atoms with Crippen LogP contribution in [0.2, 0.25) is 0 Å². The number of ether oxygens (including phenoxy) is 2. The predicted molar refractivity (Wildman–Crippen MR) is 83.5 cm³/mol. The number of benzene rings is 1. The molecule has 2 aliphatic rings. The predicted octanol–water partition coefficient (Wildman–Crippen LogP) is 2.56. The van der Waals surface area contributed by atoms with E-state index in [4.69, 9.17) is 9.47 Å². The third-order valence-corrected chi connectivity index (χ3v) is 6.42. The Labute approximate surface area is 136 Å². The van der Waals surface area contributed by atoms with Gasteiger partial charge in [0.25, 0.3) is 0 Å². The molecular formula is C16H22FNO4S. The summed E-state index contributed by atoms with van der Waals surface area (Å²) >= 11 is 0. The molecule has 0 bridgehead atoms. The third kappa shape index (κ3) is 3.51. The normalized spacial score (nSPS) is 24.0. The van der Waals surface area contributed by atoms with Crippen molar-refractivity contribution in [1.82, 2.24) is 4.31 Å². The molecule has 1 aromatic carbocycles. The molecule has 1 aromatic rings. The van der Waals surface area contributed by atoms with Crippen molar-refractivity contribution in [3.8, 4) is 5.75 Å². The molecule has 23 heavy (non-hydrogen) atoms. The zero-order valence-electron chi connectivity index (χ0n) is 13.2. The van der Waals surface area contributed by atoms with Gasteiger partial charge in [0.15, 0.2) is 11.6 Å². The van der Waals surface area contributed by atoms with E-state index >= 15 is 0 Å². The Morgan fingerprint density at radius 2 is 2.04 bits per heavy atom. The number of rotatable bonds is 4. The van der Waals surface area contributed by atoms with Crippen LogP contribution in [-0.2, 0) is 14.8 Å². The van der Waals surface area contributed by atoms with E-state index in [-0.39, 0.29) is 29.3 Å². The first kappa shape index (κ1) is 16.7. The summed E-state index contributed by atoms with van der Waals surface area (Å²) in [6.07, 6.45) is 4.06. The summed E-state index contributed by atoms with van der Waals surface area (Å²) in [6, 6.07) is 3.64. The maximum absolute atomic E-state index is 14.3. The van der Waals surface area contributed by atoms with Gasteiger partial charge in [-0.25, -0.2) is 12.8 Å². The molecular weight excluding hydrogens is 321 g/mol. The van der Waals surface area contributed by atoms with Gasteiger partial charge in [0, 0.05) is 12.6 Å². The number of hydrogen-bond donors (Lipinski definition) is 0. The van der Waals surface area contributed by atoms with Crippen LogP contribution in [0.4, 0.5) is 4.39 Å². The summed E-state index contributed by atoms with van der Waals surface area (Å²) in [5.74, 6) is -0.496. The zero-order valence-corrected chi connectivity index (χ0v) is 14.0. The van der Waals surface area contributed by atoms with Crippen molar-refractivity contribution in [3.05, 3.63) is 24.0 Å². The van der Waals surface area contributed by atoms with Crippen LogP contribution >= 0.6 is 0 Å². The van der Waals surface area contributed by atoms with Gasteiger partial charge in [0.2, 0.25) is 10.0 Å². The Kier molecular flexibility index (Phi) is 4.89. The molecule has 0 spiro atoms. The van der Waals surface area contributed by atoms with Gasteiger partial charge in [0.1, 0.15) is 0 Å². The topological polar surface area (TPSA) is 55.8 Å². The van der Waals surface area contributed by atoms with E-state index in [0.29, 0.717) is 13.2 Å². The van der Waals surface area contributed by atoms with Gasteiger partial charge >= 0.3 is 0 Å². The van der Waals surface area contributed by atoms with Crippen LogP contribution in [0, 0.1) is 5.82 Å². The second-order valence-corrected chi connectivity index (χ2v) is 8.05. The molecule has 1 aliphatic heterocycles. The van der Waals surface area contributed by atoms with Crippen molar-refractivity contribution < 1.29 is 22.3 Å². The van der Waals surface area contributed by atoms with Crippen LogP contribution < -0.4 is 4.74 Å². The fourth-order valence-corrected chi connectivity index (χ4v) is 4.74. The minimum atomic E-state index is -3.72. The van der Waals surface area contributed by atoms with Crippen LogP contribution in [0.1, 0.15) is 32.6 Å². The van der Waals surface area contributed by atoms with Crippen molar-refractivity contribution in [3.63, 3.8) is 0 Å². The quantitative estimate of drug-likeness (QED) is 0.843. The average molecular weight is 343 g/mol. The Bertz CT molecular complexity index is 658. The summed E-state index contributed by atoms with van der Waals surface area (Å²) in [7, 11) is -3.72. The summed E-state index contributed by atoms with van der Waals surface area (Å²) in [6.45, 7) is 2.77. The molecule has 5 nitrogen and oxygen atoms in total. The lowest BCUT2D eigenvalue weighted by Crippen LogP contribution is -2.46. The molecule has 0 N–H and O–H groups in total. The van der Waals surface area contributed by atoms with Crippen molar-refractivity contribution in [1.29, 1.82) is 0 Å². The van der Waals surface area contributed by atoms with Gasteiger partial charge in [-0.05, 0) is 50.8 Å². The van der Waals surface area contributed by atoms with Gasteiger partial charge in [-0.1, -0.05) is 0 Å². The highest BCUT2D eigenvalue weighted by molar-refractivity contribution is 7.89. The van der Waals surface area contributed by atoms with Crippen LogP contribution in [0.15, 0.2) is 23.1 Å². The molecule has 0 amide bonds. The molecule has 1 heterocycles. The van der Waals surface area contributed by atoms with Crippen LogP contribution in [0.25, 0.3) is 0 Å². The SMILES string of the molecule is CC1COCCN1S(=O)(=O)c1ccc(OC2CCCC2)c(F)c1. The van der Waals surface area contributed by atoms with Gasteiger partial charge in [-0.3, -0.25) is 0 Å². The molecule has 2 fully saturated rings. The number of hydrogen-bond acceptors (Lipinski definition) is 4. The molecule has 3 rings (SSSR count). The second-order valence-electron chi connectivity index (χ2n) is 6.16. The van der Waals surface area contributed by atoms with Gasteiger partial charge in [-0.15, -0.1) is 0 Å². The second kappa shape index (κ2) is 6.75. The first-order valence-corrected chi connectivity index (χ1v) is 9.48. The standard InChI is InChI=1S/C16H22FNO4S/c1-12-11-21-9-8-18(12)23(19,20)14-6-7-16(15(17)10-14)22-13-4-2-3-5-13/h6-7,10,12-13H,2-5,8-9,11H2,1H3. The van der Waals surface area contributed by atoms with E-state index in [1.165, 1.54) is 16.4 Å². The number of morpholine rings is 1. The summed E-state index contributed by atoms with van der Waals surface area (Å²) in [5.41, 5.74) is 0. The minimum absolute atomic E-state index is 0.0335. The maximum Gasteiger partial charge on any atom is 0.243 e. The molecule has 1 saturated carbocycles. The fraction of sp³-hybridized carbons (Fsp3) is 0.625. The molecule has 128 valence electrons. The Morgan fingerprint density at radius 1 is 1.30 bits per heavy atom. The molecule has 0 aromatic heterocycles. The highest BCUT2D eigenvalue weighted by Crippen LogP contribution is 2.29. The largest absolute Gasteiger partial charge is 0.487 e. The lowest BCUT2D eigenvalue weighted by atomic mass is 10.3. The summed E-state index contributed by atoms with van der Waals surface area (Å²) in [5, 5.41) is 0. The van der Waals surface area contributed by atoms with Crippen molar-refractivity contribution in [2.24, 2.45) is 0 Å². The zero-order chi connectivity index (χ0) is 16.4. The Morgan fingerprint density at radius 3 is 2.70 bits per heavy atom. The average Bonchev–Trinajstić information content (AvgIpc) is 3.02. The summed E-state index contributed by atoms with van der Waals surface area (Å²) in [4.78, 5) is -0.0393. The highest BCUT2D eigenvalue weighted by Gasteiger charge is 2.32. The van der Waals surface area contributed by atoms with E-state index in [1.807, 2.05) is 0 Å². The first-order valence-electron chi connectivity index (χ1n) is 8.04. The maximum atomic E-state index is 14.3. The highest BCUT2D eigenvalue weighted by atomic mass is 32.2. The van der Waals surface area contributed by atoms with Crippen LogP contribution in [-0.4, -0.2) is 44.6 Å². The third-order valence-electron chi connectivity index (χ3n) is 4.41. The molecule has 0 radical (unpaired) electrons. The Hall–Kier alpha value is -1.18. The molecule has 7 heteroatoms. The molecule has 1 aliphatic carbocycles. The molecule has 1 saturated heterocycles. The van der Waals surface area contributed by atoms with E-state index in [1.54, 1.807) is 6.92 Å².